The van der Waals surface area contributed by atoms with Crippen LogP contribution in [-0.2, 0) is 14.8 Å². The normalized spacial score (nSPS) is 12.5. The van der Waals surface area contributed by atoms with Gasteiger partial charge in [-0.2, -0.15) is 0 Å². The largest absolute Gasteiger partial charge is 0.492 e. The number of primary sulfonamides is 1. The van der Waals surface area contributed by atoms with Gasteiger partial charge in [-0.15, -0.1) is 0 Å². The molecule has 0 bridgehead atoms. The summed E-state index contributed by atoms with van der Waals surface area (Å²) in [7, 11) is -2.51. The molecule has 1 aromatic carbocycles. The Bertz CT molecular complexity index is 589. The first-order valence-electron chi connectivity index (χ1n) is 5.76. The van der Waals surface area contributed by atoms with Gasteiger partial charge >= 0.3 is 0 Å². The Kier molecular flexibility index (Phi) is 5.54. The van der Waals surface area contributed by atoms with E-state index < -0.39 is 20.7 Å². The summed E-state index contributed by atoms with van der Waals surface area (Å²) in [6, 6.07) is 2.07. The molecule has 2 N–H and O–H groups in total. The van der Waals surface area contributed by atoms with Crippen molar-refractivity contribution in [1.82, 2.24) is 0 Å². The summed E-state index contributed by atoms with van der Waals surface area (Å²) in [4.78, 5) is -0.575. The number of sulfonamides is 1. The van der Waals surface area contributed by atoms with Crippen molar-refractivity contribution in [2.45, 2.75) is 30.8 Å². The fourth-order valence-electron chi connectivity index (χ4n) is 1.35. The van der Waals surface area contributed by atoms with Crippen LogP contribution >= 0.6 is 15.9 Å². The molecule has 0 atom stereocenters. The number of methoxy groups -OCH3 is 1. The van der Waals surface area contributed by atoms with Gasteiger partial charge in [0.15, 0.2) is 0 Å². The van der Waals surface area contributed by atoms with Crippen molar-refractivity contribution < 1.29 is 22.3 Å². The van der Waals surface area contributed by atoms with E-state index in [1.165, 1.54) is 0 Å². The Labute approximate surface area is 126 Å². The fourth-order valence-corrected chi connectivity index (χ4v) is 2.57. The monoisotopic (exact) mass is 369 g/mol. The average Bonchev–Trinajstić information content (AvgIpc) is 2.31. The van der Waals surface area contributed by atoms with Crippen LogP contribution < -0.4 is 9.88 Å². The number of ether oxygens (including phenoxy) is 2. The molecule has 0 amide bonds. The van der Waals surface area contributed by atoms with Crippen LogP contribution in [0.1, 0.15) is 20.3 Å². The first-order chi connectivity index (χ1) is 9.07. The summed E-state index contributed by atoms with van der Waals surface area (Å²) in [6.45, 7) is 4.10. The van der Waals surface area contributed by atoms with Gasteiger partial charge in [0.25, 0.3) is 0 Å². The van der Waals surface area contributed by atoms with Crippen molar-refractivity contribution >= 4 is 26.0 Å². The third-order valence-electron chi connectivity index (χ3n) is 2.81. The third-order valence-corrected chi connectivity index (χ3v) is 4.35. The van der Waals surface area contributed by atoms with E-state index in [0.717, 1.165) is 12.1 Å². The van der Waals surface area contributed by atoms with Crippen molar-refractivity contribution in [2.24, 2.45) is 5.14 Å². The van der Waals surface area contributed by atoms with Crippen LogP contribution in [0, 0.1) is 5.82 Å². The molecule has 0 aliphatic heterocycles. The zero-order chi connectivity index (χ0) is 15.6. The standard InChI is InChI=1S/C12H17BrFNO4S/c1-12(2,18-3)4-5-19-10-7-9(14)11(6-8(10)13)20(15,16)17/h6-7H,4-5H2,1-3H3,(H2,15,16,17). The number of nitrogens with two attached hydrogens (primary N) is 1. The minimum atomic E-state index is -4.10. The molecule has 20 heavy (non-hydrogen) atoms. The molecule has 0 aliphatic carbocycles. The van der Waals surface area contributed by atoms with Crippen LogP contribution in [0.5, 0.6) is 5.75 Å². The number of hydrogen-bond donors (Lipinski definition) is 1. The first kappa shape index (κ1) is 17.4. The molecular weight excluding hydrogens is 353 g/mol. The lowest BCUT2D eigenvalue weighted by Gasteiger charge is -2.22. The highest BCUT2D eigenvalue weighted by atomic mass is 79.9. The Balaban J connectivity index is 2.86. The minimum Gasteiger partial charge on any atom is -0.492 e. The molecule has 8 heteroatoms. The summed E-state index contributed by atoms with van der Waals surface area (Å²) in [6.07, 6.45) is 0.592. The predicted molar refractivity (Wildman–Crippen MR) is 76.7 cm³/mol. The molecule has 0 spiro atoms. The minimum absolute atomic E-state index is 0.210. The van der Waals surface area contributed by atoms with E-state index in [4.69, 9.17) is 14.6 Å². The van der Waals surface area contributed by atoms with Crippen molar-refractivity contribution in [2.75, 3.05) is 13.7 Å². The highest BCUT2D eigenvalue weighted by Crippen LogP contribution is 2.30. The summed E-state index contributed by atoms with van der Waals surface area (Å²) in [5, 5.41) is 4.91. The van der Waals surface area contributed by atoms with Gasteiger partial charge < -0.3 is 9.47 Å². The maximum Gasteiger partial charge on any atom is 0.241 e. The lowest BCUT2D eigenvalue weighted by molar-refractivity contribution is 0.00537. The quantitative estimate of drug-likeness (QED) is 0.834. The van der Waals surface area contributed by atoms with E-state index in [-0.39, 0.29) is 11.4 Å². The van der Waals surface area contributed by atoms with Crippen molar-refractivity contribution in [1.29, 1.82) is 0 Å². The third kappa shape index (κ3) is 4.69. The Hall–Kier alpha value is -0.700. The molecule has 0 aliphatic rings. The molecule has 0 fully saturated rings. The summed E-state index contributed by atoms with van der Waals surface area (Å²) in [5.41, 5.74) is -0.356. The van der Waals surface area contributed by atoms with E-state index in [9.17, 15) is 12.8 Å². The lowest BCUT2D eigenvalue weighted by atomic mass is 10.1. The maximum absolute atomic E-state index is 13.7. The van der Waals surface area contributed by atoms with Gasteiger partial charge in [0, 0.05) is 19.6 Å². The predicted octanol–water partition coefficient (Wildman–Crippen LogP) is 2.43. The molecule has 0 unspecified atom stereocenters. The van der Waals surface area contributed by atoms with E-state index in [1.54, 1.807) is 7.11 Å². The second-order valence-corrected chi connectivity index (χ2v) is 7.20. The highest BCUT2D eigenvalue weighted by Gasteiger charge is 2.19. The Morgan fingerprint density at radius 3 is 2.50 bits per heavy atom. The van der Waals surface area contributed by atoms with Crippen LogP contribution in [0.25, 0.3) is 0 Å². The smallest absolute Gasteiger partial charge is 0.241 e. The average molecular weight is 370 g/mol. The number of rotatable bonds is 6. The van der Waals surface area contributed by atoms with E-state index in [1.807, 2.05) is 13.8 Å². The molecule has 0 saturated carbocycles. The lowest BCUT2D eigenvalue weighted by Crippen LogP contribution is -2.25. The van der Waals surface area contributed by atoms with Gasteiger partial charge in [0.2, 0.25) is 10.0 Å². The van der Waals surface area contributed by atoms with Crippen LogP contribution in [0.15, 0.2) is 21.5 Å². The van der Waals surface area contributed by atoms with Crippen LogP contribution in [-0.4, -0.2) is 27.7 Å². The van der Waals surface area contributed by atoms with Crippen LogP contribution in [0.4, 0.5) is 4.39 Å². The van der Waals surface area contributed by atoms with Gasteiger partial charge in [0.05, 0.1) is 16.7 Å². The summed E-state index contributed by atoms with van der Waals surface area (Å²) >= 11 is 3.13. The van der Waals surface area contributed by atoms with E-state index >= 15 is 0 Å². The van der Waals surface area contributed by atoms with Gasteiger partial charge in [-0.05, 0) is 35.8 Å². The Morgan fingerprint density at radius 2 is 2.00 bits per heavy atom. The first-order valence-corrected chi connectivity index (χ1v) is 8.10. The molecule has 1 rings (SSSR count). The fraction of sp³-hybridized carbons (Fsp3) is 0.500. The van der Waals surface area contributed by atoms with Crippen molar-refractivity contribution in [3.8, 4) is 5.75 Å². The van der Waals surface area contributed by atoms with E-state index in [2.05, 4.69) is 15.9 Å². The zero-order valence-electron chi connectivity index (χ0n) is 11.4. The topological polar surface area (TPSA) is 78.6 Å². The molecular formula is C12H17BrFNO4S. The second-order valence-electron chi connectivity index (χ2n) is 4.82. The Morgan fingerprint density at radius 1 is 1.40 bits per heavy atom. The van der Waals surface area contributed by atoms with Crippen LogP contribution in [0.2, 0.25) is 0 Å². The highest BCUT2D eigenvalue weighted by molar-refractivity contribution is 9.10. The summed E-state index contributed by atoms with van der Waals surface area (Å²) in [5.74, 6) is -0.737. The van der Waals surface area contributed by atoms with Crippen LogP contribution in [0.3, 0.4) is 0 Å². The number of halogens is 2. The zero-order valence-corrected chi connectivity index (χ0v) is 13.8. The molecule has 0 radical (unpaired) electrons. The summed E-state index contributed by atoms with van der Waals surface area (Å²) < 4.78 is 47.0. The van der Waals surface area contributed by atoms with Gasteiger partial charge in [-0.3, -0.25) is 0 Å². The SMILES string of the molecule is COC(C)(C)CCOc1cc(F)c(S(N)(=O)=O)cc1Br. The molecule has 0 aromatic heterocycles. The molecule has 114 valence electrons. The molecule has 0 saturated heterocycles. The van der Waals surface area contributed by atoms with Gasteiger partial charge in [0.1, 0.15) is 16.5 Å². The molecule has 5 nitrogen and oxygen atoms in total. The maximum atomic E-state index is 13.7. The van der Waals surface area contributed by atoms with Gasteiger partial charge in [-0.1, -0.05) is 0 Å². The molecule has 1 aromatic rings. The molecule has 0 heterocycles. The van der Waals surface area contributed by atoms with Gasteiger partial charge in [-0.25, -0.2) is 17.9 Å². The number of benzene rings is 1. The van der Waals surface area contributed by atoms with Crippen molar-refractivity contribution in [3.63, 3.8) is 0 Å². The van der Waals surface area contributed by atoms with E-state index in [0.29, 0.717) is 17.5 Å². The van der Waals surface area contributed by atoms with Crippen molar-refractivity contribution in [3.05, 3.63) is 22.4 Å². The second kappa shape index (κ2) is 6.38. The number of hydrogen-bond acceptors (Lipinski definition) is 4.